The molecule has 0 saturated carbocycles. The Balaban J connectivity index is 5.37. The molecular formula is C7H17NO8S3. The summed E-state index contributed by atoms with van der Waals surface area (Å²) in [5, 5.41) is 0. The van der Waals surface area contributed by atoms with Gasteiger partial charge in [0.15, 0.2) is 0 Å². The zero-order chi connectivity index (χ0) is 15.6. The molecule has 19 heavy (non-hydrogen) atoms. The quantitative estimate of drug-likeness (QED) is 0.422. The van der Waals surface area contributed by atoms with Crippen molar-refractivity contribution >= 4 is 30.3 Å². The van der Waals surface area contributed by atoms with Crippen LogP contribution in [0.4, 0.5) is 0 Å². The van der Waals surface area contributed by atoms with Crippen molar-refractivity contribution < 1.29 is 33.6 Å². The number of hydrogen-bond donors (Lipinski definition) is 0. The molecule has 0 bridgehead atoms. The van der Waals surface area contributed by atoms with Gasteiger partial charge >= 0.3 is 0 Å². The Kier molecular flexibility index (Phi) is 5.93. The SMILES string of the molecule is CC(OS(C)(=O)=O)N(C(C)OS(C)(=O)=O)S(C)(=O)=O. The third-order valence-electron chi connectivity index (χ3n) is 1.73. The Morgan fingerprint density at radius 2 is 1.00 bits per heavy atom. The molecule has 2 unspecified atom stereocenters. The van der Waals surface area contributed by atoms with Crippen molar-refractivity contribution in [3.63, 3.8) is 0 Å². The molecule has 0 rings (SSSR count). The van der Waals surface area contributed by atoms with E-state index in [1.54, 1.807) is 0 Å². The van der Waals surface area contributed by atoms with Crippen LogP contribution in [0, 0.1) is 0 Å². The summed E-state index contributed by atoms with van der Waals surface area (Å²) in [5.74, 6) is 0. The third kappa shape index (κ3) is 7.79. The van der Waals surface area contributed by atoms with Gasteiger partial charge in [-0.25, -0.2) is 8.42 Å². The summed E-state index contributed by atoms with van der Waals surface area (Å²) in [7, 11) is -11.8. The zero-order valence-electron chi connectivity index (χ0n) is 11.1. The van der Waals surface area contributed by atoms with E-state index >= 15 is 0 Å². The van der Waals surface area contributed by atoms with Gasteiger partial charge in [0.2, 0.25) is 10.0 Å². The first kappa shape index (κ1) is 18.7. The van der Waals surface area contributed by atoms with Crippen LogP contribution in [0.1, 0.15) is 13.8 Å². The van der Waals surface area contributed by atoms with Crippen LogP contribution < -0.4 is 0 Å². The lowest BCUT2D eigenvalue weighted by Crippen LogP contribution is -2.47. The molecule has 2 atom stereocenters. The summed E-state index contributed by atoms with van der Waals surface area (Å²) in [4.78, 5) is 0. The number of rotatable bonds is 7. The van der Waals surface area contributed by atoms with Crippen molar-refractivity contribution in [3.8, 4) is 0 Å². The molecule has 0 N–H and O–H groups in total. The van der Waals surface area contributed by atoms with Crippen LogP contribution in [-0.4, -0.2) is 60.8 Å². The second kappa shape index (κ2) is 6.01. The highest BCUT2D eigenvalue weighted by molar-refractivity contribution is 7.88. The Bertz CT molecular complexity index is 565. The van der Waals surface area contributed by atoms with Crippen LogP contribution in [0.2, 0.25) is 0 Å². The van der Waals surface area contributed by atoms with Gasteiger partial charge in [-0.1, -0.05) is 0 Å². The fourth-order valence-corrected chi connectivity index (χ4v) is 3.90. The zero-order valence-corrected chi connectivity index (χ0v) is 13.5. The fraction of sp³-hybridized carbons (Fsp3) is 1.00. The first-order valence-corrected chi connectivity index (χ1v) is 10.4. The highest BCUT2D eigenvalue weighted by Crippen LogP contribution is 2.16. The van der Waals surface area contributed by atoms with Gasteiger partial charge in [-0.15, -0.1) is 4.31 Å². The monoisotopic (exact) mass is 339 g/mol. The molecule has 0 aromatic heterocycles. The molecular weight excluding hydrogens is 322 g/mol. The van der Waals surface area contributed by atoms with Crippen molar-refractivity contribution in [1.29, 1.82) is 0 Å². The van der Waals surface area contributed by atoms with Crippen molar-refractivity contribution in [2.75, 3.05) is 18.8 Å². The minimum Gasteiger partial charge on any atom is -0.250 e. The fourth-order valence-electron chi connectivity index (χ4n) is 1.43. The van der Waals surface area contributed by atoms with E-state index < -0.39 is 42.7 Å². The topological polar surface area (TPSA) is 124 Å². The minimum absolute atomic E-state index is 0.495. The minimum atomic E-state index is -3.95. The summed E-state index contributed by atoms with van der Waals surface area (Å²) in [6, 6.07) is 0. The van der Waals surface area contributed by atoms with Gasteiger partial charge in [-0.3, -0.25) is 8.37 Å². The van der Waals surface area contributed by atoms with E-state index in [4.69, 9.17) is 0 Å². The maximum atomic E-state index is 11.6. The molecule has 0 fully saturated rings. The molecule has 9 nitrogen and oxygen atoms in total. The maximum absolute atomic E-state index is 11.6. The lowest BCUT2D eigenvalue weighted by Gasteiger charge is -2.30. The first-order valence-electron chi connectivity index (χ1n) is 4.88. The molecule has 0 aromatic rings. The average molecular weight is 339 g/mol. The smallest absolute Gasteiger partial charge is 0.250 e. The average Bonchev–Trinajstić information content (AvgIpc) is 1.90. The van der Waals surface area contributed by atoms with Gasteiger partial charge in [0.25, 0.3) is 20.2 Å². The molecule has 12 heteroatoms. The van der Waals surface area contributed by atoms with E-state index in [9.17, 15) is 25.3 Å². The molecule has 0 saturated heterocycles. The predicted octanol–water partition coefficient (Wildman–Crippen LogP) is -1.11. The Morgan fingerprint density at radius 1 is 0.737 bits per heavy atom. The van der Waals surface area contributed by atoms with Crippen molar-refractivity contribution in [3.05, 3.63) is 0 Å². The summed E-state index contributed by atoms with van der Waals surface area (Å²) in [6.45, 7) is 2.29. The van der Waals surface area contributed by atoms with Crippen molar-refractivity contribution in [2.45, 2.75) is 26.3 Å². The van der Waals surface area contributed by atoms with Crippen LogP contribution in [0.5, 0.6) is 0 Å². The second-order valence-corrected chi connectivity index (χ2v) is 8.98. The van der Waals surface area contributed by atoms with Crippen LogP contribution in [0.25, 0.3) is 0 Å². The largest absolute Gasteiger partial charge is 0.265 e. The van der Waals surface area contributed by atoms with Crippen molar-refractivity contribution in [2.24, 2.45) is 0 Å². The van der Waals surface area contributed by atoms with Gasteiger partial charge in [0, 0.05) is 0 Å². The van der Waals surface area contributed by atoms with Gasteiger partial charge in [-0.05, 0) is 13.8 Å². The standard InChI is InChI=1S/C7H17NO8S3/c1-6(15-18(4,11)12)8(17(3,9)10)7(2)16-19(5,13)14/h6-7H,1-5H3. The predicted molar refractivity (Wildman–Crippen MR) is 67.5 cm³/mol. The van der Waals surface area contributed by atoms with E-state index in [0.29, 0.717) is 4.31 Å². The molecule has 0 spiro atoms. The lowest BCUT2D eigenvalue weighted by atomic mass is 10.6. The molecule has 0 aromatic carbocycles. The normalized spacial score (nSPS) is 17.4. The Hall–Kier alpha value is -0.270. The summed E-state index contributed by atoms with van der Waals surface area (Å²) in [5.41, 5.74) is 0. The summed E-state index contributed by atoms with van der Waals surface area (Å²) >= 11 is 0. The number of nitrogens with zero attached hydrogens (tertiary/aromatic N) is 1. The molecule has 0 heterocycles. The first-order chi connectivity index (χ1) is 8.13. The van der Waals surface area contributed by atoms with E-state index in [0.717, 1.165) is 32.6 Å². The van der Waals surface area contributed by atoms with Gasteiger partial charge < -0.3 is 0 Å². The lowest BCUT2D eigenvalue weighted by molar-refractivity contribution is 0.0116. The second-order valence-electron chi connectivity index (χ2n) is 3.89. The van der Waals surface area contributed by atoms with E-state index in [-0.39, 0.29) is 0 Å². The van der Waals surface area contributed by atoms with Crippen LogP contribution >= 0.6 is 0 Å². The number of sulfonamides is 1. The van der Waals surface area contributed by atoms with Crippen molar-refractivity contribution in [1.82, 2.24) is 4.31 Å². The van der Waals surface area contributed by atoms with Crippen LogP contribution in [0.3, 0.4) is 0 Å². The van der Waals surface area contributed by atoms with Gasteiger partial charge in [-0.2, -0.15) is 16.8 Å². The summed E-state index contributed by atoms with van der Waals surface area (Å²) < 4.78 is 76.5. The van der Waals surface area contributed by atoms with E-state index in [1.807, 2.05) is 0 Å². The van der Waals surface area contributed by atoms with Gasteiger partial charge in [0.1, 0.15) is 12.5 Å². The van der Waals surface area contributed by atoms with Crippen LogP contribution in [0.15, 0.2) is 0 Å². The molecule has 116 valence electrons. The molecule has 0 aliphatic heterocycles. The number of hydrogen-bond acceptors (Lipinski definition) is 8. The molecule has 0 radical (unpaired) electrons. The van der Waals surface area contributed by atoms with Crippen LogP contribution in [-0.2, 0) is 38.6 Å². The summed E-state index contributed by atoms with van der Waals surface area (Å²) in [6.07, 6.45) is -0.626. The Morgan fingerprint density at radius 3 is 1.16 bits per heavy atom. The highest BCUT2D eigenvalue weighted by Gasteiger charge is 2.33. The van der Waals surface area contributed by atoms with E-state index in [2.05, 4.69) is 8.37 Å². The highest BCUT2D eigenvalue weighted by atomic mass is 32.2. The van der Waals surface area contributed by atoms with E-state index in [1.165, 1.54) is 0 Å². The van der Waals surface area contributed by atoms with Gasteiger partial charge in [0.05, 0.1) is 18.8 Å². The molecule has 0 aliphatic carbocycles. The molecule has 0 amide bonds. The maximum Gasteiger partial charge on any atom is 0.265 e. The Labute approximate surface area is 113 Å². The molecule has 0 aliphatic rings. The third-order valence-corrected chi connectivity index (χ3v) is 4.34.